The van der Waals surface area contributed by atoms with Gasteiger partial charge in [-0.15, -0.1) is 0 Å². The molecule has 7 heteroatoms. The molecule has 4 aromatic rings. The lowest BCUT2D eigenvalue weighted by Gasteiger charge is -2.28. The molecule has 1 unspecified atom stereocenters. The fourth-order valence-electron chi connectivity index (χ4n) is 3.16. The van der Waals surface area contributed by atoms with Crippen LogP contribution in [0.5, 0.6) is 0 Å². The van der Waals surface area contributed by atoms with Crippen LogP contribution in [0.4, 0.5) is 17.3 Å². The van der Waals surface area contributed by atoms with E-state index < -0.39 is 0 Å². The van der Waals surface area contributed by atoms with Crippen LogP contribution in [0.25, 0.3) is 22.4 Å². The van der Waals surface area contributed by atoms with E-state index in [1.807, 2.05) is 48.5 Å². The van der Waals surface area contributed by atoms with Crippen molar-refractivity contribution < 1.29 is 0 Å². The number of nitrogen functional groups attached to an aromatic ring is 1. The van der Waals surface area contributed by atoms with Crippen molar-refractivity contribution >= 4 is 28.4 Å². The largest absolute Gasteiger partial charge is 0.383 e. The first kappa shape index (κ1) is 13.0. The maximum absolute atomic E-state index is 6.06. The number of para-hydroxylation sites is 3. The summed E-state index contributed by atoms with van der Waals surface area (Å²) in [4.78, 5) is 4.76. The molecule has 2 aromatic heterocycles. The first-order valence-electron chi connectivity index (χ1n) is 7.70. The number of imidazole rings is 1. The van der Waals surface area contributed by atoms with Crippen LogP contribution >= 0.6 is 0 Å². The monoisotopic (exact) mass is 317 g/mol. The maximum Gasteiger partial charge on any atom is 0.183 e. The van der Waals surface area contributed by atoms with Crippen molar-refractivity contribution in [2.24, 2.45) is 0 Å². The van der Waals surface area contributed by atoms with E-state index in [1.165, 1.54) is 0 Å². The van der Waals surface area contributed by atoms with Gasteiger partial charge in [-0.25, -0.2) is 4.98 Å². The van der Waals surface area contributed by atoms with Gasteiger partial charge in [-0.3, -0.25) is 9.67 Å². The van der Waals surface area contributed by atoms with Gasteiger partial charge in [0.2, 0.25) is 0 Å². The highest BCUT2D eigenvalue weighted by molar-refractivity contribution is 5.89. The average Bonchev–Trinajstić information content (AvgIpc) is 3.16. The van der Waals surface area contributed by atoms with Gasteiger partial charge in [0.1, 0.15) is 11.4 Å². The van der Waals surface area contributed by atoms with Gasteiger partial charge in [0, 0.05) is 5.69 Å². The van der Waals surface area contributed by atoms with Crippen LogP contribution in [0.15, 0.2) is 54.6 Å². The molecular weight excluding hydrogens is 302 g/mol. The highest BCUT2D eigenvalue weighted by Gasteiger charge is 2.30. The second-order valence-electron chi connectivity index (χ2n) is 5.71. The number of benzene rings is 2. The van der Waals surface area contributed by atoms with E-state index in [4.69, 9.17) is 10.7 Å². The van der Waals surface area contributed by atoms with Gasteiger partial charge >= 0.3 is 0 Å². The van der Waals surface area contributed by atoms with Gasteiger partial charge in [-0.2, -0.15) is 5.10 Å². The number of anilines is 3. The molecule has 1 aliphatic rings. The van der Waals surface area contributed by atoms with E-state index in [9.17, 15) is 0 Å². The zero-order valence-corrected chi connectivity index (χ0v) is 12.7. The number of hydrogen-bond donors (Lipinski definition) is 4. The fourth-order valence-corrected chi connectivity index (χ4v) is 3.16. The third kappa shape index (κ3) is 1.78. The third-order valence-electron chi connectivity index (χ3n) is 4.22. The van der Waals surface area contributed by atoms with Crippen molar-refractivity contribution in [3.05, 3.63) is 54.6 Å². The summed E-state index contributed by atoms with van der Waals surface area (Å²) in [7, 11) is 0. The number of fused-ring (bicyclic) bond motifs is 5. The van der Waals surface area contributed by atoms with Crippen LogP contribution < -0.4 is 16.4 Å². The lowest BCUT2D eigenvalue weighted by Crippen LogP contribution is -2.30. The highest BCUT2D eigenvalue weighted by Crippen LogP contribution is 2.40. The summed E-state index contributed by atoms with van der Waals surface area (Å²) in [5, 5.41) is 14.0. The predicted octanol–water partition coefficient (Wildman–Crippen LogP) is 3.00. The first-order chi connectivity index (χ1) is 11.8. The minimum absolute atomic E-state index is 0.218. The summed E-state index contributed by atoms with van der Waals surface area (Å²) in [6.45, 7) is 0. The molecule has 1 aliphatic heterocycles. The van der Waals surface area contributed by atoms with Gasteiger partial charge in [0.15, 0.2) is 17.9 Å². The number of nitrogens with two attached hydrogens (primary N) is 1. The Morgan fingerprint density at radius 2 is 1.83 bits per heavy atom. The molecule has 0 spiro atoms. The standard InChI is InChI=1S/C17H15N7/c18-14-13-15(23-22-14)21-17(19-10-6-2-1-3-7-10)24-12-9-5-4-8-11(12)20-16(13)24/h1-9,17,19H,(H4,18,21,22,23). The molecule has 0 saturated carbocycles. The Labute approximate surface area is 137 Å². The summed E-state index contributed by atoms with van der Waals surface area (Å²) < 4.78 is 2.11. The number of nitrogens with one attached hydrogen (secondary N) is 3. The van der Waals surface area contributed by atoms with Gasteiger partial charge in [-0.05, 0) is 24.3 Å². The van der Waals surface area contributed by atoms with Gasteiger partial charge in [0.05, 0.1) is 11.0 Å². The number of aromatic nitrogens is 4. The van der Waals surface area contributed by atoms with Crippen molar-refractivity contribution in [1.29, 1.82) is 0 Å². The van der Waals surface area contributed by atoms with Crippen molar-refractivity contribution in [1.82, 2.24) is 19.7 Å². The van der Waals surface area contributed by atoms with E-state index in [1.54, 1.807) is 0 Å². The number of H-pyrrole nitrogens is 1. The van der Waals surface area contributed by atoms with E-state index in [0.717, 1.165) is 28.1 Å². The second kappa shape index (κ2) is 4.76. The minimum Gasteiger partial charge on any atom is -0.383 e. The van der Waals surface area contributed by atoms with Gasteiger partial charge in [0.25, 0.3) is 0 Å². The number of hydrogen-bond acceptors (Lipinski definition) is 5. The molecule has 2 aromatic carbocycles. The number of aromatic amines is 1. The Morgan fingerprint density at radius 1 is 1.04 bits per heavy atom. The third-order valence-corrected chi connectivity index (χ3v) is 4.22. The van der Waals surface area contributed by atoms with Crippen LogP contribution in [0, 0.1) is 0 Å². The quantitative estimate of drug-likeness (QED) is 0.456. The summed E-state index contributed by atoms with van der Waals surface area (Å²) in [6, 6.07) is 18.1. The van der Waals surface area contributed by atoms with Crippen molar-refractivity contribution in [3.63, 3.8) is 0 Å². The lowest BCUT2D eigenvalue weighted by molar-refractivity contribution is 0.641. The van der Waals surface area contributed by atoms with Crippen LogP contribution in [0.1, 0.15) is 6.29 Å². The summed E-state index contributed by atoms with van der Waals surface area (Å²) in [6.07, 6.45) is -0.218. The van der Waals surface area contributed by atoms with E-state index in [2.05, 4.69) is 31.5 Å². The van der Waals surface area contributed by atoms with Crippen molar-refractivity contribution in [3.8, 4) is 11.4 Å². The van der Waals surface area contributed by atoms with Crippen LogP contribution in [-0.2, 0) is 0 Å². The fraction of sp³-hybridized carbons (Fsp3) is 0.0588. The van der Waals surface area contributed by atoms with Crippen molar-refractivity contribution in [2.45, 2.75) is 6.29 Å². The molecular formula is C17H15N7. The normalized spacial score (nSPS) is 15.6. The highest BCUT2D eigenvalue weighted by atomic mass is 15.4. The molecule has 5 rings (SSSR count). The molecule has 1 atom stereocenters. The molecule has 0 aliphatic carbocycles. The minimum atomic E-state index is -0.218. The Morgan fingerprint density at radius 3 is 2.71 bits per heavy atom. The number of nitrogens with zero attached hydrogens (tertiary/aromatic N) is 3. The van der Waals surface area contributed by atoms with E-state index >= 15 is 0 Å². The molecule has 3 heterocycles. The molecule has 118 valence electrons. The topological polar surface area (TPSA) is 96.6 Å². The van der Waals surface area contributed by atoms with Gasteiger partial charge in [-0.1, -0.05) is 30.3 Å². The van der Waals surface area contributed by atoms with Crippen LogP contribution in [-0.4, -0.2) is 19.7 Å². The molecule has 24 heavy (non-hydrogen) atoms. The van der Waals surface area contributed by atoms with Crippen LogP contribution in [0.2, 0.25) is 0 Å². The summed E-state index contributed by atoms with van der Waals surface area (Å²) >= 11 is 0. The lowest BCUT2D eigenvalue weighted by atomic mass is 10.2. The molecule has 5 N–H and O–H groups in total. The van der Waals surface area contributed by atoms with E-state index in [0.29, 0.717) is 11.6 Å². The Hall–Kier alpha value is -3.48. The first-order valence-corrected chi connectivity index (χ1v) is 7.70. The number of rotatable bonds is 2. The zero-order valence-electron chi connectivity index (χ0n) is 12.7. The van der Waals surface area contributed by atoms with Crippen molar-refractivity contribution in [2.75, 3.05) is 16.4 Å². The molecule has 0 bridgehead atoms. The van der Waals surface area contributed by atoms with Gasteiger partial charge < -0.3 is 16.4 Å². The molecule has 0 radical (unpaired) electrons. The summed E-state index contributed by atoms with van der Waals surface area (Å²) in [5.41, 5.74) is 9.82. The van der Waals surface area contributed by atoms with Crippen LogP contribution in [0.3, 0.4) is 0 Å². The maximum atomic E-state index is 6.06. The van der Waals surface area contributed by atoms with E-state index in [-0.39, 0.29) is 6.29 Å². The zero-order chi connectivity index (χ0) is 16.1. The molecule has 0 amide bonds. The Bertz CT molecular complexity index is 1030. The summed E-state index contributed by atoms with van der Waals surface area (Å²) in [5.74, 6) is 2.00. The SMILES string of the molecule is Nc1[nH]nc2c1-c1nc3ccccc3n1C(Nc1ccccc1)N2. The predicted molar refractivity (Wildman–Crippen MR) is 94.5 cm³/mol. The Balaban J connectivity index is 1.72. The Kier molecular flexibility index (Phi) is 2.58. The molecule has 0 saturated heterocycles. The smallest absolute Gasteiger partial charge is 0.183 e. The molecule has 7 nitrogen and oxygen atoms in total. The molecule has 0 fully saturated rings. The second-order valence-corrected chi connectivity index (χ2v) is 5.71. The average molecular weight is 317 g/mol.